The van der Waals surface area contributed by atoms with Crippen molar-refractivity contribution in [3.8, 4) is 6.07 Å². The van der Waals surface area contributed by atoms with E-state index < -0.39 is 16.0 Å². The number of hydrogen-bond donors (Lipinski definition) is 2. The normalized spacial score (nSPS) is 11.0. The van der Waals surface area contributed by atoms with Crippen LogP contribution in [0.15, 0.2) is 23.1 Å². The molecule has 0 aromatic heterocycles. The van der Waals surface area contributed by atoms with E-state index in [0.717, 1.165) is 0 Å². The second kappa shape index (κ2) is 7.76. The van der Waals surface area contributed by atoms with Crippen LogP contribution < -0.4 is 4.72 Å². The van der Waals surface area contributed by atoms with Crippen molar-refractivity contribution in [3.63, 3.8) is 0 Å². The minimum absolute atomic E-state index is 0.00450. The molecule has 0 saturated carbocycles. The number of nitrogens with zero attached hydrogens (tertiary/aromatic N) is 1. The van der Waals surface area contributed by atoms with Crippen LogP contribution >= 0.6 is 0 Å². The number of aromatic carboxylic acids is 1. The summed E-state index contributed by atoms with van der Waals surface area (Å²) in [5.41, 5.74) is 0.598. The molecule has 0 saturated heterocycles. The number of carboxylic acid groups (broad SMARTS) is 1. The molecule has 0 aliphatic carbocycles. The predicted molar refractivity (Wildman–Crippen MR) is 77.4 cm³/mol. The number of aryl methyl sites for hydroxylation is 1. The van der Waals surface area contributed by atoms with Crippen molar-refractivity contribution in [1.82, 2.24) is 4.72 Å². The van der Waals surface area contributed by atoms with E-state index in [0.29, 0.717) is 31.2 Å². The Morgan fingerprint density at radius 2 is 2.10 bits per heavy atom. The van der Waals surface area contributed by atoms with Gasteiger partial charge in [-0.2, -0.15) is 5.26 Å². The number of nitriles is 1. The van der Waals surface area contributed by atoms with Gasteiger partial charge in [-0.05, 0) is 37.0 Å². The van der Waals surface area contributed by atoms with Gasteiger partial charge in [0.15, 0.2) is 0 Å². The molecule has 0 amide bonds. The Kier molecular flexibility index (Phi) is 6.34. The summed E-state index contributed by atoms with van der Waals surface area (Å²) >= 11 is 0. The topological polar surface area (TPSA) is 107 Å². The maximum Gasteiger partial charge on any atom is 0.336 e. The highest BCUT2D eigenvalue weighted by Gasteiger charge is 2.17. The highest BCUT2D eigenvalue weighted by molar-refractivity contribution is 7.89. The second-order valence-corrected chi connectivity index (χ2v) is 6.26. The smallest absolute Gasteiger partial charge is 0.336 e. The zero-order chi connectivity index (χ0) is 15.9. The molecule has 114 valence electrons. The summed E-state index contributed by atoms with van der Waals surface area (Å²) in [7, 11) is -3.72. The van der Waals surface area contributed by atoms with Crippen LogP contribution in [0.3, 0.4) is 0 Å². The average molecular weight is 310 g/mol. The lowest BCUT2D eigenvalue weighted by Gasteiger charge is -2.09. The Bertz CT molecular complexity index is 647. The first-order chi connectivity index (χ1) is 9.92. The van der Waals surface area contributed by atoms with Crippen molar-refractivity contribution >= 4 is 16.0 Å². The van der Waals surface area contributed by atoms with Gasteiger partial charge < -0.3 is 5.11 Å². The molecule has 0 unspecified atom stereocenters. The lowest BCUT2D eigenvalue weighted by Crippen LogP contribution is -2.25. The number of carboxylic acids is 1. The largest absolute Gasteiger partial charge is 0.478 e. The van der Waals surface area contributed by atoms with E-state index in [2.05, 4.69) is 4.72 Å². The molecule has 0 heterocycles. The number of unbranched alkanes of at least 4 members (excludes halogenated alkanes) is 2. The number of rotatable bonds is 8. The van der Waals surface area contributed by atoms with Gasteiger partial charge in [0.25, 0.3) is 0 Å². The Hall–Kier alpha value is -1.91. The van der Waals surface area contributed by atoms with E-state index in [1.165, 1.54) is 18.2 Å². The van der Waals surface area contributed by atoms with E-state index in [4.69, 9.17) is 10.4 Å². The average Bonchev–Trinajstić information content (AvgIpc) is 2.46. The molecule has 0 aliphatic heterocycles. The van der Waals surface area contributed by atoms with Crippen molar-refractivity contribution < 1.29 is 18.3 Å². The molecule has 21 heavy (non-hydrogen) atoms. The van der Waals surface area contributed by atoms with Gasteiger partial charge in [0.2, 0.25) is 10.0 Å². The third-order valence-corrected chi connectivity index (χ3v) is 4.47. The minimum Gasteiger partial charge on any atom is -0.478 e. The molecule has 0 aliphatic rings. The lowest BCUT2D eigenvalue weighted by atomic mass is 10.1. The number of hydrogen-bond acceptors (Lipinski definition) is 4. The van der Waals surface area contributed by atoms with Gasteiger partial charge in [-0.15, -0.1) is 0 Å². The predicted octanol–water partition coefficient (Wildman–Crippen LogP) is 1.92. The summed E-state index contributed by atoms with van der Waals surface area (Å²) in [5, 5.41) is 17.5. The van der Waals surface area contributed by atoms with Crippen molar-refractivity contribution in [1.29, 1.82) is 5.26 Å². The molecule has 0 fully saturated rings. The molecule has 0 radical (unpaired) electrons. The van der Waals surface area contributed by atoms with Crippen LogP contribution in [0, 0.1) is 11.3 Å². The first-order valence-corrected chi connectivity index (χ1v) is 8.13. The van der Waals surface area contributed by atoms with E-state index in [1.54, 1.807) is 0 Å². The zero-order valence-corrected chi connectivity index (χ0v) is 12.6. The summed E-state index contributed by atoms with van der Waals surface area (Å²) in [4.78, 5) is 11.1. The maximum absolute atomic E-state index is 12.1. The van der Waals surface area contributed by atoms with Gasteiger partial charge in [-0.1, -0.05) is 13.0 Å². The Balaban J connectivity index is 2.86. The molecule has 2 N–H and O–H groups in total. The van der Waals surface area contributed by atoms with Gasteiger partial charge in [0, 0.05) is 13.0 Å². The Morgan fingerprint density at radius 3 is 2.67 bits per heavy atom. The molecule has 1 aromatic rings. The van der Waals surface area contributed by atoms with Crippen LogP contribution in [0.2, 0.25) is 0 Å². The third kappa shape index (κ3) is 4.85. The summed E-state index contributed by atoms with van der Waals surface area (Å²) in [5.74, 6) is -1.14. The monoisotopic (exact) mass is 310 g/mol. The summed E-state index contributed by atoms with van der Waals surface area (Å²) in [6, 6.07) is 6.09. The van der Waals surface area contributed by atoms with Crippen molar-refractivity contribution in [2.75, 3.05) is 6.54 Å². The van der Waals surface area contributed by atoms with Gasteiger partial charge in [-0.3, -0.25) is 0 Å². The molecule has 7 heteroatoms. The van der Waals surface area contributed by atoms with Crippen LogP contribution in [0.4, 0.5) is 0 Å². The van der Waals surface area contributed by atoms with Crippen LogP contribution in [0.25, 0.3) is 0 Å². The van der Waals surface area contributed by atoms with Gasteiger partial charge >= 0.3 is 5.97 Å². The first-order valence-electron chi connectivity index (χ1n) is 6.65. The van der Waals surface area contributed by atoms with Crippen LogP contribution in [-0.4, -0.2) is 26.0 Å². The quantitative estimate of drug-likeness (QED) is 0.713. The molecule has 0 spiro atoms. The van der Waals surface area contributed by atoms with E-state index >= 15 is 0 Å². The zero-order valence-electron chi connectivity index (χ0n) is 11.8. The standard InChI is InChI=1S/C14H18N2O4S/c1-2-11-6-7-12(10-13(11)14(17)18)21(19,20)16-9-5-3-4-8-15/h6-7,10,16H,2-5,9H2,1H3,(H,17,18). The van der Waals surface area contributed by atoms with Crippen LogP contribution in [0.5, 0.6) is 0 Å². The van der Waals surface area contributed by atoms with Crippen molar-refractivity contribution in [2.24, 2.45) is 0 Å². The highest BCUT2D eigenvalue weighted by Crippen LogP contribution is 2.17. The SMILES string of the molecule is CCc1ccc(S(=O)(=O)NCCCCC#N)cc1C(=O)O. The van der Waals surface area contributed by atoms with Gasteiger partial charge in [0.1, 0.15) is 0 Å². The summed E-state index contributed by atoms with van der Waals surface area (Å²) in [6.07, 6.45) is 2.08. The van der Waals surface area contributed by atoms with Crippen LogP contribution in [0.1, 0.15) is 42.1 Å². The van der Waals surface area contributed by atoms with E-state index in [9.17, 15) is 13.2 Å². The highest BCUT2D eigenvalue weighted by atomic mass is 32.2. The van der Waals surface area contributed by atoms with E-state index in [-0.39, 0.29) is 17.0 Å². The van der Waals surface area contributed by atoms with Gasteiger partial charge in [-0.25, -0.2) is 17.9 Å². The fourth-order valence-corrected chi connectivity index (χ4v) is 2.95. The maximum atomic E-state index is 12.1. The molecule has 1 rings (SSSR count). The molecule has 0 atom stereocenters. The molecule has 0 bridgehead atoms. The Labute approximate surface area is 124 Å². The van der Waals surface area contributed by atoms with Crippen molar-refractivity contribution in [3.05, 3.63) is 29.3 Å². The lowest BCUT2D eigenvalue weighted by molar-refractivity contribution is 0.0695. The molecular formula is C14H18N2O4S. The Morgan fingerprint density at radius 1 is 1.38 bits per heavy atom. The summed E-state index contributed by atoms with van der Waals surface area (Å²) < 4.78 is 26.5. The van der Waals surface area contributed by atoms with Gasteiger partial charge in [0.05, 0.1) is 16.5 Å². The molecule has 6 nitrogen and oxygen atoms in total. The fourth-order valence-electron chi connectivity index (χ4n) is 1.85. The number of nitrogens with one attached hydrogen (secondary N) is 1. The van der Waals surface area contributed by atoms with E-state index in [1.807, 2.05) is 13.0 Å². The summed E-state index contributed by atoms with van der Waals surface area (Å²) in [6.45, 7) is 2.03. The first kappa shape index (κ1) is 17.1. The number of carbonyl (C=O) groups is 1. The molecular weight excluding hydrogens is 292 g/mol. The number of sulfonamides is 1. The second-order valence-electron chi connectivity index (χ2n) is 4.49. The molecule has 1 aromatic carbocycles. The minimum atomic E-state index is -3.72. The van der Waals surface area contributed by atoms with Crippen molar-refractivity contribution in [2.45, 2.75) is 37.5 Å². The third-order valence-electron chi connectivity index (χ3n) is 3.01. The number of benzene rings is 1. The van der Waals surface area contributed by atoms with Crippen LogP contribution in [-0.2, 0) is 16.4 Å². The fraction of sp³-hybridized carbons (Fsp3) is 0.429.